The molecule has 0 saturated heterocycles. The van der Waals surface area contributed by atoms with Crippen LogP contribution in [0.15, 0.2) is 27.6 Å². The lowest BCUT2D eigenvalue weighted by atomic mass is 10.1. The average molecular weight is 405 g/mol. The minimum absolute atomic E-state index is 0.0966. The molecule has 1 heterocycles. The van der Waals surface area contributed by atoms with Crippen molar-refractivity contribution in [2.75, 3.05) is 6.61 Å². The van der Waals surface area contributed by atoms with Crippen molar-refractivity contribution in [3.05, 3.63) is 43.6 Å². The van der Waals surface area contributed by atoms with Gasteiger partial charge in [0.1, 0.15) is 0 Å². The highest BCUT2D eigenvalue weighted by Crippen LogP contribution is 2.30. The second-order valence-corrected chi connectivity index (χ2v) is 5.33. The zero-order chi connectivity index (χ0) is 18.2. The van der Waals surface area contributed by atoms with E-state index >= 15 is 0 Å². The average Bonchev–Trinajstić information content (AvgIpc) is 2.56. The summed E-state index contributed by atoms with van der Waals surface area (Å²) in [6.07, 6.45) is 1.45. The molecule has 6 heteroatoms. The number of aliphatic hydroxyl groups is 1. The lowest BCUT2D eigenvalue weighted by Gasteiger charge is -2.13. The van der Waals surface area contributed by atoms with Gasteiger partial charge in [-0.25, -0.2) is 0 Å². The Bertz CT molecular complexity index is 726. The minimum Gasteiger partial charge on any atom is -0.395 e. The molecule has 1 aromatic heterocycles. The van der Waals surface area contributed by atoms with Crippen molar-refractivity contribution in [1.29, 1.82) is 0 Å². The highest BCUT2D eigenvalue weighted by atomic mass is 79.9. The first kappa shape index (κ1) is 21.8. The van der Waals surface area contributed by atoms with Gasteiger partial charge in [0, 0.05) is 22.6 Å². The van der Waals surface area contributed by atoms with Crippen LogP contribution in [-0.4, -0.2) is 22.1 Å². The molecular weight excluding hydrogens is 382 g/mol. The number of aliphatic hydroxyl groups excluding tert-OH is 1. The number of nitrogens with zero attached hydrogens (tertiary/aromatic N) is 1. The van der Waals surface area contributed by atoms with Gasteiger partial charge in [-0.3, -0.25) is 9.59 Å². The van der Waals surface area contributed by atoms with E-state index < -0.39 is 0 Å². The first-order valence-electron chi connectivity index (χ1n) is 7.60. The number of ketones is 1. The van der Waals surface area contributed by atoms with Crippen molar-refractivity contribution in [1.82, 2.24) is 4.57 Å². The smallest absolute Gasteiger partial charge is 0.200 e. The molecule has 23 heavy (non-hydrogen) atoms. The summed E-state index contributed by atoms with van der Waals surface area (Å²) in [6.45, 7) is 9.48. The second kappa shape index (κ2) is 10.6. The number of Topliss-reactive ketones (excluding diaryl/α,β-unsaturated/α-hetero) is 1. The predicted octanol–water partition coefficient (Wildman–Crippen LogP) is 4.66. The Hall–Kier alpha value is -1.17. The van der Waals surface area contributed by atoms with Gasteiger partial charge in [-0.05, 0) is 35.0 Å². The lowest BCUT2D eigenvalue weighted by Crippen LogP contribution is -2.19. The van der Waals surface area contributed by atoms with Gasteiger partial charge in [0.05, 0.1) is 22.7 Å². The van der Waals surface area contributed by atoms with E-state index in [0.29, 0.717) is 20.4 Å². The van der Waals surface area contributed by atoms with Crippen LogP contribution in [0.25, 0.3) is 10.9 Å². The molecule has 4 nitrogen and oxygen atoms in total. The molecular formula is C17H23BrClNO3. The summed E-state index contributed by atoms with van der Waals surface area (Å²) in [5, 5.41) is 9.86. The van der Waals surface area contributed by atoms with E-state index in [-0.39, 0.29) is 29.9 Å². The van der Waals surface area contributed by atoms with Crippen LogP contribution in [0.2, 0.25) is 5.02 Å². The van der Waals surface area contributed by atoms with E-state index in [1.165, 1.54) is 13.1 Å². The third-order valence-corrected chi connectivity index (χ3v) is 4.12. The van der Waals surface area contributed by atoms with E-state index in [1.807, 2.05) is 27.7 Å². The zero-order valence-electron chi connectivity index (χ0n) is 14.1. The first-order chi connectivity index (χ1) is 11.0. The van der Waals surface area contributed by atoms with Crippen molar-refractivity contribution in [3.63, 3.8) is 0 Å². The molecule has 0 radical (unpaired) electrons. The van der Waals surface area contributed by atoms with Gasteiger partial charge in [0.25, 0.3) is 0 Å². The Morgan fingerprint density at radius 3 is 2.30 bits per heavy atom. The van der Waals surface area contributed by atoms with Gasteiger partial charge in [-0.15, -0.1) is 0 Å². The standard InChI is InChI=1S/C13H11BrClNO3.2C2H6/c1-7(18)9-6-16(4-5-17)12-8(13(9)19)2-3-10(14)11(12)15;2*1-2/h2-3,6,17H,4-5H2,1H3;2*1-2H3. The second-order valence-electron chi connectivity index (χ2n) is 4.10. The van der Waals surface area contributed by atoms with Crippen molar-refractivity contribution in [2.24, 2.45) is 0 Å². The Morgan fingerprint density at radius 2 is 1.83 bits per heavy atom. The van der Waals surface area contributed by atoms with E-state index in [2.05, 4.69) is 15.9 Å². The summed E-state index contributed by atoms with van der Waals surface area (Å²) in [7, 11) is 0. The van der Waals surface area contributed by atoms with E-state index in [9.17, 15) is 9.59 Å². The zero-order valence-corrected chi connectivity index (χ0v) is 16.5. The maximum absolute atomic E-state index is 12.2. The van der Waals surface area contributed by atoms with Gasteiger partial charge in [-0.1, -0.05) is 39.3 Å². The Kier molecular flexibility index (Phi) is 10.0. The monoisotopic (exact) mass is 403 g/mol. The number of hydrogen-bond donors (Lipinski definition) is 1. The van der Waals surface area contributed by atoms with E-state index in [0.717, 1.165) is 0 Å². The molecule has 128 valence electrons. The molecule has 0 aliphatic carbocycles. The number of pyridine rings is 1. The summed E-state index contributed by atoms with van der Waals surface area (Å²) in [6, 6.07) is 3.28. The number of aromatic nitrogens is 1. The largest absolute Gasteiger partial charge is 0.395 e. The molecule has 0 atom stereocenters. The molecule has 1 aromatic carbocycles. The molecule has 0 bridgehead atoms. The molecule has 0 fully saturated rings. The van der Waals surface area contributed by atoms with Crippen LogP contribution in [0.4, 0.5) is 0 Å². The number of benzene rings is 1. The predicted molar refractivity (Wildman–Crippen MR) is 101 cm³/mol. The maximum atomic E-state index is 12.2. The van der Waals surface area contributed by atoms with Gasteiger partial charge in [0.15, 0.2) is 11.2 Å². The van der Waals surface area contributed by atoms with E-state index in [4.69, 9.17) is 16.7 Å². The number of fused-ring (bicyclic) bond motifs is 1. The van der Waals surface area contributed by atoms with Crippen LogP contribution >= 0.6 is 27.5 Å². The third-order valence-electron chi connectivity index (χ3n) is 2.85. The molecule has 0 saturated carbocycles. The molecule has 0 unspecified atom stereocenters. The fourth-order valence-electron chi connectivity index (χ4n) is 1.96. The van der Waals surface area contributed by atoms with Gasteiger partial charge in [-0.2, -0.15) is 0 Å². The van der Waals surface area contributed by atoms with Crippen molar-refractivity contribution in [2.45, 2.75) is 41.2 Å². The van der Waals surface area contributed by atoms with Crippen molar-refractivity contribution in [3.8, 4) is 0 Å². The molecule has 0 spiro atoms. The summed E-state index contributed by atoms with van der Waals surface area (Å²) in [4.78, 5) is 23.7. The van der Waals surface area contributed by atoms with Crippen molar-refractivity contribution < 1.29 is 9.90 Å². The van der Waals surface area contributed by atoms with Crippen LogP contribution < -0.4 is 5.43 Å². The Morgan fingerprint density at radius 1 is 1.26 bits per heavy atom. The van der Waals surface area contributed by atoms with Crippen LogP contribution in [0.1, 0.15) is 45.0 Å². The molecule has 0 amide bonds. The van der Waals surface area contributed by atoms with Gasteiger partial charge < -0.3 is 9.67 Å². The van der Waals surface area contributed by atoms with E-state index in [1.54, 1.807) is 16.7 Å². The van der Waals surface area contributed by atoms with Crippen LogP contribution in [0.3, 0.4) is 0 Å². The number of carbonyl (C=O) groups excluding carboxylic acids is 1. The van der Waals surface area contributed by atoms with Gasteiger partial charge in [0.2, 0.25) is 0 Å². The molecule has 0 aliphatic heterocycles. The normalized spacial score (nSPS) is 9.57. The number of rotatable bonds is 3. The SMILES string of the molecule is CC.CC.CC(=O)c1cn(CCO)c2c(Cl)c(Br)ccc2c1=O. The molecule has 0 aliphatic rings. The Labute approximate surface area is 150 Å². The quantitative estimate of drug-likeness (QED) is 0.757. The summed E-state index contributed by atoms with van der Waals surface area (Å²) in [5.74, 6) is -0.308. The molecule has 1 N–H and O–H groups in total. The summed E-state index contributed by atoms with van der Waals surface area (Å²) < 4.78 is 2.28. The van der Waals surface area contributed by atoms with Crippen molar-refractivity contribution >= 4 is 44.2 Å². The molecule has 2 rings (SSSR count). The van der Waals surface area contributed by atoms with Gasteiger partial charge >= 0.3 is 0 Å². The number of halogens is 2. The molecule has 2 aromatic rings. The number of hydrogen-bond acceptors (Lipinski definition) is 3. The lowest BCUT2D eigenvalue weighted by molar-refractivity contribution is 0.101. The summed E-state index contributed by atoms with van der Waals surface area (Å²) in [5.41, 5.74) is 0.269. The van der Waals surface area contributed by atoms with Crippen LogP contribution in [0, 0.1) is 0 Å². The minimum atomic E-state index is -0.342. The van der Waals surface area contributed by atoms with Crippen LogP contribution in [-0.2, 0) is 6.54 Å². The highest BCUT2D eigenvalue weighted by Gasteiger charge is 2.15. The third kappa shape index (κ3) is 4.90. The Balaban J connectivity index is 0.00000112. The fraction of sp³-hybridized carbons (Fsp3) is 0.412. The topological polar surface area (TPSA) is 59.3 Å². The van der Waals surface area contributed by atoms with Crippen LogP contribution in [0.5, 0.6) is 0 Å². The highest BCUT2D eigenvalue weighted by molar-refractivity contribution is 9.10. The first-order valence-corrected chi connectivity index (χ1v) is 8.77. The number of carbonyl (C=O) groups is 1. The fourth-order valence-corrected chi connectivity index (χ4v) is 2.56. The maximum Gasteiger partial charge on any atom is 0.200 e. The summed E-state index contributed by atoms with van der Waals surface area (Å²) >= 11 is 9.49.